The lowest BCUT2D eigenvalue weighted by Gasteiger charge is -2.56. The minimum absolute atomic E-state index is 0.0130. The maximum Gasteiger partial charge on any atom is 0.228 e. The Balaban J connectivity index is 2.39. The van der Waals surface area contributed by atoms with Crippen LogP contribution in [0.3, 0.4) is 0 Å². The second kappa shape index (κ2) is 3.78. The van der Waals surface area contributed by atoms with Crippen LogP contribution < -0.4 is 5.32 Å². The van der Waals surface area contributed by atoms with Crippen molar-refractivity contribution in [2.45, 2.75) is 63.6 Å². The van der Waals surface area contributed by atoms with Crippen LogP contribution in [0.4, 0.5) is 0 Å². The van der Waals surface area contributed by atoms with Gasteiger partial charge in [0, 0.05) is 11.1 Å². The molecule has 5 heteroatoms. The molecule has 1 N–H and O–H groups in total. The van der Waals surface area contributed by atoms with E-state index in [-0.39, 0.29) is 29.2 Å². The minimum atomic E-state index is -0.709. The molecule has 0 atom stereocenters. The molecule has 2 saturated heterocycles. The highest BCUT2D eigenvalue weighted by Gasteiger charge is 2.58. The number of hydrogen-bond donors (Lipinski definition) is 1. The lowest BCUT2D eigenvalue weighted by Crippen LogP contribution is -2.69. The van der Waals surface area contributed by atoms with Crippen molar-refractivity contribution in [3.8, 4) is 0 Å². The van der Waals surface area contributed by atoms with Crippen LogP contribution in [0, 0.1) is 0 Å². The van der Waals surface area contributed by atoms with E-state index in [4.69, 9.17) is 4.84 Å². The second-order valence-corrected chi connectivity index (χ2v) is 6.69. The molecule has 0 radical (unpaired) electrons. The molecule has 1 amide bonds. The number of nitrogens with zero attached hydrogens (tertiary/aromatic N) is 1. The smallest absolute Gasteiger partial charge is 0.228 e. The van der Waals surface area contributed by atoms with Crippen LogP contribution in [0.5, 0.6) is 0 Å². The molecule has 0 aromatic carbocycles. The molecule has 5 nitrogen and oxygen atoms in total. The maximum absolute atomic E-state index is 12.2. The summed E-state index contributed by atoms with van der Waals surface area (Å²) in [6.07, 6.45) is 1.18. The molecule has 0 bridgehead atoms. The van der Waals surface area contributed by atoms with Crippen molar-refractivity contribution in [2.24, 2.45) is 0 Å². The van der Waals surface area contributed by atoms with E-state index < -0.39 is 5.54 Å². The van der Waals surface area contributed by atoms with Gasteiger partial charge in [0.15, 0.2) is 5.78 Å². The topological polar surface area (TPSA) is 58.6 Å². The van der Waals surface area contributed by atoms with E-state index in [2.05, 4.69) is 5.32 Å². The first-order valence-corrected chi connectivity index (χ1v) is 6.32. The van der Waals surface area contributed by atoms with E-state index in [0.29, 0.717) is 12.8 Å². The van der Waals surface area contributed by atoms with Crippen LogP contribution in [-0.4, -0.2) is 40.5 Å². The van der Waals surface area contributed by atoms with Gasteiger partial charge < -0.3 is 10.2 Å². The summed E-state index contributed by atoms with van der Waals surface area (Å²) in [6.45, 7) is 8.15. The molecular formula is C13H22N2O3. The third-order valence-electron chi connectivity index (χ3n) is 3.98. The van der Waals surface area contributed by atoms with Gasteiger partial charge in [0.2, 0.25) is 5.91 Å². The van der Waals surface area contributed by atoms with Crippen LogP contribution >= 0.6 is 0 Å². The number of nitrogens with one attached hydrogen (secondary N) is 1. The first-order valence-electron chi connectivity index (χ1n) is 6.32. The van der Waals surface area contributed by atoms with Gasteiger partial charge in [-0.2, -0.15) is 5.06 Å². The summed E-state index contributed by atoms with van der Waals surface area (Å²) in [5, 5.41) is 4.84. The number of Topliss-reactive ketones (excluding diaryl/α,β-unsaturated/α-hetero) is 1. The Kier molecular flexibility index (Phi) is 2.83. The van der Waals surface area contributed by atoms with Crippen molar-refractivity contribution in [1.29, 1.82) is 0 Å². The van der Waals surface area contributed by atoms with Gasteiger partial charge in [-0.05, 0) is 40.5 Å². The Morgan fingerprint density at radius 1 is 1.11 bits per heavy atom. The van der Waals surface area contributed by atoms with E-state index in [1.807, 2.05) is 32.8 Å². The monoisotopic (exact) mass is 254 g/mol. The van der Waals surface area contributed by atoms with Crippen LogP contribution in [-0.2, 0) is 14.4 Å². The Bertz CT molecular complexity index is 383. The summed E-state index contributed by atoms with van der Waals surface area (Å²) in [7, 11) is 1.65. The summed E-state index contributed by atoms with van der Waals surface area (Å²) in [5.74, 6) is -0.137. The average Bonchev–Trinajstić information content (AvgIpc) is 2.36. The maximum atomic E-state index is 12.2. The molecule has 18 heavy (non-hydrogen) atoms. The predicted molar refractivity (Wildman–Crippen MR) is 66.7 cm³/mol. The number of amides is 1. The lowest BCUT2D eigenvalue weighted by atomic mass is 9.69. The molecule has 102 valence electrons. The number of carbonyl (C=O) groups is 2. The highest BCUT2D eigenvalue weighted by Crippen LogP contribution is 2.45. The average molecular weight is 254 g/mol. The molecule has 2 aliphatic heterocycles. The molecule has 2 rings (SSSR count). The molecule has 0 aliphatic carbocycles. The van der Waals surface area contributed by atoms with E-state index in [9.17, 15) is 9.59 Å². The molecule has 2 aliphatic rings. The molecule has 2 fully saturated rings. The third kappa shape index (κ3) is 1.86. The summed E-state index contributed by atoms with van der Waals surface area (Å²) >= 11 is 0. The summed E-state index contributed by atoms with van der Waals surface area (Å²) in [6, 6.07) is 0. The second-order valence-electron chi connectivity index (χ2n) is 6.69. The predicted octanol–water partition coefficient (Wildman–Crippen LogP) is 1.03. The highest BCUT2D eigenvalue weighted by atomic mass is 16.7. The highest BCUT2D eigenvalue weighted by molar-refractivity contribution is 6.10. The zero-order valence-corrected chi connectivity index (χ0v) is 11.8. The Morgan fingerprint density at radius 3 is 1.94 bits per heavy atom. The molecular weight excluding hydrogens is 232 g/mol. The summed E-state index contributed by atoms with van der Waals surface area (Å²) in [4.78, 5) is 29.2. The Labute approximate surface area is 108 Å². The molecule has 0 saturated carbocycles. The van der Waals surface area contributed by atoms with E-state index in [1.54, 1.807) is 7.11 Å². The molecule has 2 heterocycles. The fraction of sp³-hybridized carbons (Fsp3) is 0.846. The SMILES string of the molecule is CON1C(C)(C)CC2(CC1(C)C)NC(=O)CC2=O. The van der Waals surface area contributed by atoms with Crippen molar-refractivity contribution >= 4 is 11.7 Å². The van der Waals surface area contributed by atoms with Crippen molar-refractivity contribution in [2.75, 3.05) is 7.11 Å². The number of carbonyl (C=O) groups excluding carboxylic acids is 2. The molecule has 0 unspecified atom stereocenters. The van der Waals surface area contributed by atoms with Crippen LogP contribution in [0.2, 0.25) is 0 Å². The van der Waals surface area contributed by atoms with Gasteiger partial charge in [0.25, 0.3) is 0 Å². The minimum Gasteiger partial charge on any atom is -0.343 e. The zero-order chi connectivity index (χ0) is 13.8. The van der Waals surface area contributed by atoms with Gasteiger partial charge in [-0.15, -0.1) is 0 Å². The number of hydroxylamine groups is 2. The lowest BCUT2D eigenvalue weighted by molar-refractivity contribution is -0.273. The van der Waals surface area contributed by atoms with Gasteiger partial charge >= 0.3 is 0 Å². The van der Waals surface area contributed by atoms with Crippen molar-refractivity contribution in [3.63, 3.8) is 0 Å². The first-order chi connectivity index (χ1) is 8.13. The van der Waals surface area contributed by atoms with E-state index in [1.165, 1.54) is 0 Å². The number of ketones is 1. The van der Waals surface area contributed by atoms with Crippen LogP contribution in [0.15, 0.2) is 0 Å². The molecule has 1 spiro atoms. The fourth-order valence-electron chi connectivity index (χ4n) is 3.98. The fourth-order valence-corrected chi connectivity index (χ4v) is 3.98. The van der Waals surface area contributed by atoms with Gasteiger partial charge in [-0.25, -0.2) is 0 Å². The van der Waals surface area contributed by atoms with Gasteiger partial charge in [-0.1, -0.05) is 0 Å². The Hall–Kier alpha value is -0.940. The standard InChI is InChI=1S/C13H22N2O3/c1-11(2)7-13(9(16)6-10(17)14-13)8-12(3,4)15(11)18-5/h6-8H2,1-5H3,(H,14,17). The van der Waals surface area contributed by atoms with Crippen molar-refractivity contribution < 1.29 is 14.4 Å². The summed E-state index contributed by atoms with van der Waals surface area (Å²) in [5.41, 5.74) is -1.31. The van der Waals surface area contributed by atoms with Crippen LogP contribution in [0.25, 0.3) is 0 Å². The van der Waals surface area contributed by atoms with Crippen LogP contribution in [0.1, 0.15) is 47.0 Å². The largest absolute Gasteiger partial charge is 0.343 e. The van der Waals surface area contributed by atoms with Crippen molar-refractivity contribution in [3.05, 3.63) is 0 Å². The van der Waals surface area contributed by atoms with E-state index in [0.717, 1.165) is 0 Å². The van der Waals surface area contributed by atoms with E-state index >= 15 is 0 Å². The normalized spacial score (nSPS) is 29.6. The summed E-state index contributed by atoms with van der Waals surface area (Å²) < 4.78 is 0. The van der Waals surface area contributed by atoms with Gasteiger partial charge in [0.05, 0.1) is 13.5 Å². The van der Waals surface area contributed by atoms with Gasteiger partial charge in [0.1, 0.15) is 5.54 Å². The number of piperidine rings is 1. The molecule has 0 aromatic heterocycles. The number of hydrogen-bond acceptors (Lipinski definition) is 4. The zero-order valence-electron chi connectivity index (χ0n) is 11.8. The quantitative estimate of drug-likeness (QED) is 0.710. The van der Waals surface area contributed by atoms with Gasteiger partial charge in [-0.3, -0.25) is 9.59 Å². The Morgan fingerprint density at radius 2 is 1.61 bits per heavy atom. The van der Waals surface area contributed by atoms with Crippen molar-refractivity contribution in [1.82, 2.24) is 10.4 Å². The molecule has 0 aromatic rings. The third-order valence-corrected chi connectivity index (χ3v) is 3.98. The first kappa shape index (κ1) is 13.5. The number of rotatable bonds is 1.